The molecule has 0 saturated carbocycles. The van der Waals surface area contributed by atoms with Gasteiger partial charge in [0.2, 0.25) is 5.91 Å². The van der Waals surface area contributed by atoms with E-state index in [4.69, 9.17) is 0 Å². The first-order valence-electron chi connectivity index (χ1n) is 9.44. The molecule has 0 heterocycles. The Kier molecular flexibility index (Phi) is 8.44. The van der Waals surface area contributed by atoms with Gasteiger partial charge in [-0.25, -0.2) is 0 Å². The zero-order chi connectivity index (χ0) is 22.3. The van der Waals surface area contributed by atoms with Gasteiger partial charge >= 0.3 is 6.18 Å². The Bertz CT molecular complexity index is 864. The number of hydrogen-bond acceptors (Lipinski definition) is 3. The van der Waals surface area contributed by atoms with Crippen LogP contribution in [0.25, 0.3) is 0 Å². The van der Waals surface area contributed by atoms with Crippen molar-refractivity contribution in [3.05, 3.63) is 70.2 Å². The van der Waals surface area contributed by atoms with E-state index in [1.807, 2.05) is 36.4 Å². The Hall–Kier alpha value is -2.37. The molecule has 4 nitrogen and oxygen atoms in total. The minimum atomic E-state index is -4.60. The van der Waals surface area contributed by atoms with Crippen LogP contribution in [0.3, 0.4) is 0 Å². The summed E-state index contributed by atoms with van der Waals surface area (Å²) >= 11 is 3.21. The number of alkyl halides is 3. The number of halogens is 4. The van der Waals surface area contributed by atoms with Crippen LogP contribution in [0.15, 0.2) is 59.1 Å². The smallest absolute Gasteiger partial charge is 0.339 e. The van der Waals surface area contributed by atoms with E-state index in [0.717, 1.165) is 5.56 Å². The number of carbonyl (C=O) groups is 1. The second-order valence-electron chi connectivity index (χ2n) is 7.29. The molecule has 3 atom stereocenters. The van der Waals surface area contributed by atoms with Crippen molar-refractivity contribution in [2.45, 2.75) is 44.6 Å². The lowest BCUT2D eigenvalue weighted by molar-refractivity contribution is -0.161. The van der Waals surface area contributed by atoms with E-state index in [1.54, 1.807) is 13.8 Å². The van der Waals surface area contributed by atoms with E-state index >= 15 is 0 Å². The van der Waals surface area contributed by atoms with Crippen molar-refractivity contribution in [1.82, 2.24) is 10.6 Å². The van der Waals surface area contributed by atoms with Crippen molar-refractivity contribution in [1.29, 1.82) is 5.26 Å². The molecule has 160 valence electrons. The molecular weight excluding hydrogens is 459 g/mol. The summed E-state index contributed by atoms with van der Waals surface area (Å²) in [5.74, 6) is -1.07. The summed E-state index contributed by atoms with van der Waals surface area (Å²) in [6, 6.07) is 12.9. The van der Waals surface area contributed by atoms with Crippen molar-refractivity contribution in [3.63, 3.8) is 0 Å². The van der Waals surface area contributed by atoms with Crippen LogP contribution in [-0.4, -0.2) is 24.2 Å². The van der Waals surface area contributed by atoms with Crippen LogP contribution in [0, 0.1) is 17.2 Å². The maximum Gasteiger partial charge on any atom is 0.407 e. The first-order valence-corrected chi connectivity index (χ1v) is 10.2. The second kappa shape index (κ2) is 10.6. The number of nitriles is 1. The molecule has 0 radical (unpaired) electrons. The minimum Gasteiger partial charge on any atom is -0.339 e. The first-order chi connectivity index (χ1) is 14.1. The summed E-state index contributed by atoms with van der Waals surface area (Å²) in [5, 5.41) is 14.4. The molecule has 2 aromatic carbocycles. The minimum absolute atomic E-state index is 0.00488. The van der Waals surface area contributed by atoms with E-state index in [2.05, 4.69) is 26.6 Å². The Morgan fingerprint density at radius 2 is 1.70 bits per heavy atom. The van der Waals surface area contributed by atoms with Crippen LogP contribution < -0.4 is 10.6 Å². The molecule has 0 spiro atoms. The topological polar surface area (TPSA) is 64.9 Å². The number of amides is 1. The van der Waals surface area contributed by atoms with Crippen molar-refractivity contribution >= 4 is 21.8 Å². The summed E-state index contributed by atoms with van der Waals surface area (Å²) in [4.78, 5) is 12.8. The van der Waals surface area contributed by atoms with E-state index < -0.39 is 36.1 Å². The van der Waals surface area contributed by atoms with Crippen LogP contribution in [0.5, 0.6) is 0 Å². The summed E-state index contributed by atoms with van der Waals surface area (Å²) in [7, 11) is 0. The average molecular weight is 482 g/mol. The Balaban J connectivity index is 2.18. The molecule has 0 saturated heterocycles. The van der Waals surface area contributed by atoms with Crippen LogP contribution >= 0.6 is 15.9 Å². The van der Waals surface area contributed by atoms with Gasteiger partial charge in [-0.15, -0.1) is 0 Å². The van der Waals surface area contributed by atoms with Crippen molar-refractivity contribution in [2.75, 3.05) is 0 Å². The number of nitrogens with zero attached hydrogens (tertiary/aromatic N) is 1. The average Bonchev–Trinajstić information content (AvgIpc) is 2.68. The van der Waals surface area contributed by atoms with Gasteiger partial charge in [-0.2, -0.15) is 18.4 Å². The maximum atomic E-state index is 13.8. The molecule has 8 heteroatoms. The van der Waals surface area contributed by atoms with E-state index in [0.29, 0.717) is 4.47 Å². The molecule has 0 aromatic heterocycles. The molecule has 1 amide bonds. The van der Waals surface area contributed by atoms with Gasteiger partial charge in [0.25, 0.3) is 0 Å². The van der Waals surface area contributed by atoms with Crippen LogP contribution in [-0.2, 0) is 11.2 Å². The largest absolute Gasteiger partial charge is 0.407 e. The van der Waals surface area contributed by atoms with E-state index in [1.165, 1.54) is 24.3 Å². The van der Waals surface area contributed by atoms with Gasteiger partial charge in [0, 0.05) is 10.9 Å². The molecule has 2 N–H and O–H groups in total. The number of rotatable bonds is 8. The summed E-state index contributed by atoms with van der Waals surface area (Å²) in [6.45, 7) is 3.32. The lowest BCUT2D eigenvalue weighted by atomic mass is 9.98. The second-order valence-corrected chi connectivity index (χ2v) is 8.21. The molecule has 30 heavy (non-hydrogen) atoms. The molecule has 0 fully saturated rings. The zero-order valence-electron chi connectivity index (χ0n) is 16.6. The highest BCUT2D eigenvalue weighted by molar-refractivity contribution is 9.10. The van der Waals surface area contributed by atoms with Crippen molar-refractivity contribution in [2.24, 2.45) is 5.92 Å². The normalized spacial score (nSPS) is 14.6. The highest BCUT2D eigenvalue weighted by atomic mass is 79.9. The highest BCUT2D eigenvalue weighted by Crippen LogP contribution is 2.34. The fraction of sp³-hybridized carbons (Fsp3) is 0.364. The number of nitrogens with one attached hydrogen (secondary N) is 2. The molecule has 0 aliphatic rings. The third-order valence-electron chi connectivity index (χ3n) is 4.58. The van der Waals surface area contributed by atoms with Crippen LogP contribution in [0.4, 0.5) is 13.2 Å². The van der Waals surface area contributed by atoms with Gasteiger partial charge in [-0.3, -0.25) is 10.1 Å². The number of carbonyl (C=O) groups excluding carboxylic acids is 1. The number of benzene rings is 2. The third-order valence-corrected chi connectivity index (χ3v) is 5.11. The first kappa shape index (κ1) is 23.9. The maximum absolute atomic E-state index is 13.8. The highest BCUT2D eigenvalue weighted by Gasteiger charge is 2.43. The zero-order valence-corrected chi connectivity index (χ0v) is 18.2. The Morgan fingerprint density at radius 3 is 2.20 bits per heavy atom. The van der Waals surface area contributed by atoms with Crippen molar-refractivity contribution < 1.29 is 18.0 Å². The summed E-state index contributed by atoms with van der Waals surface area (Å²) < 4.78 is 41.9. The van der Waals surface area contributed by atoms with Crippen molar-refractivity contribution in [3.8, 4) is 6.07 Å². The van der Waals surface area contributed by atoms with Gasteiger partial charge in [0.1, 0.15) is 12.1 Å². The van der Waals surface area contributed by atoms with E-state index in [-0.39, 0.29) is 12.0 Å². The standard InChI is InChI=1S/C22H23BrF3N3O/c1-14(2)19(21(30)28-18(13-27)12-15-6-4-3-5-7-15)29-20(22(24,25)26)16-8-10-17(23)11-9-16/h3-11,14,18-20,29H,12H2,1-2H3,(H,28,30)/t18-,19?,20-/m0/s1. The van der Waals surface area contributed by atoms with Gasteiger partial charge < -0.3 is 5.32 Å². The number of hydrogen-bond donors (Lipinski definition) is 2. The predicted octanol–water partition coefficient (Wildman–Crippen LogP) is 4.92. The Labute approximate surface area is 182 Å². The van der Waals surface area contributed by atoms with Gasteiger partial charge in [-0.05, 0) is 29.2 Å². The SMILES string of the molecule is CC(C)C(N[C@@H](c1ccc(Br)cc1)C(F)(F)F)C(=O)N[C@H](C#N)Cc1ccccc1. The monoisotopic (exact) mass is 481 g/mol. The van der Waals surface area contributed by atoms with Gasteiger partial charge in [0.15, 0.2) is 0 Å². The van der Waals surface area contributed by atoms with Gasteiger partial charge in [0.05, 0.1) is 12.1 Å². The van der Waals surface area contributed by atoms with Crippen LogP contribution in [0.2, 0.25) is 0 Å². The summed E-state index contributed by atoms with van der Waals surface area (Å²) in [6.07, 6.45) is -4.33. The lowest BCUT2D eigenvalue weighted by Gasteiger charge is -2.30. The molecule has 1 unspecified atom stereocenters. The molecule has 2 rings (SSSR count). The molecule has 0 bridgehead atoms. The fourth-order valence-electron chi connectivity index (χ4n) is 3.03. The lowest BCUT2D eigenvalue weighted by Crippen LogP contribution is -2.53. The fourth-order valence-corrected chi connectivity index (χ4v) is 3.29. The Morgan fingerprint density at radius 1 is 1.10 bits per heavy atom. The van der Waals surface area contributed by atoms with Gasteiger partial charge in [-0.1, -0.05) is 72.2 Å². The quantitative estimate of drug-likeness (QED) is 0.562. The molecular formula is C22H23BrF3N3O. The predicted molar refractivity (Wildman–Crippen MR) is 112 cm³/mol. The van der Waals surface area contributed by atoms with E-state index in [9.17, 15) is 23.2 Å². The molecule has 2 aromatic rings. The molecule has 0 aliphatic carbocycles. The molecule has 0 aliphatic heterocycles. The third kappa shape index (κ3) is 6.85. The summed E-state index contributed by atoms with van der Waals surface area (Å²) in [5.41, 5.74) is 0.853. The van der Waals surface area contributed by atoms with Crippen LogP contribution in [0.1, 0.15) is 31.0 Å².